The number of hydrogen-bond donors (Lipinski definition) is 4. The van der Waals surface area contributed by atoms with Crippen LogP contribution < -0.4 is 20.9 Å². The molecular weight excluding hydrogens is 607 g/mol. The first-order valence-electron chi connectivity index (χ1n) is 15.6. The molecule has 0 saturated carbocycles. The van der Waals surface area contributed by atoms with Crippen molar-refractivity contribution in [1.82, 2.24) is 16.0 Å². The van der Waals surface area contributed by atoms with Crippen molar-refractivity contribution in [2.45, 2.75) is 96.6 Å². The molecule has 4 rings (SSSR count). The second-order valence-corrected chi connectivity index (χ2v) is 14.7. The van der Waals surface area contributed by atoms with E-state index in [0.29, 0.717) is 30.6 Å². The lowest BCUT2D eigenvalue weighted by molar-refractivity contribution is -0.128. The maximum Gasteiger partial charge on any atom is 0.249 e. The van der Waals surface area contributed by atoms with Gasteiger partial charge in [0.25, 0.3) is 0 Å². The summed E-state index contributed by atoms with van der Waals surface area (Å²) < 4.78 is 38.4. The molecule has 248 valence electrons. The van der Waals surface area contributed by atoms with Crippen LogP contribution in [0.4, 0.5) is 10.1 Å². The zero-order valence-corrected chi connectivity index (χ0v) is 28.2. The fourth-order valence-corrected chi connectivity index (χ4v) is 6.32. The minimum absolute atomic E-state index is 0.0989. The average molecular weight is 653 g/mol. The third-order valence-electron chi connectivity index (χ3n) is 7.94. The van der Waals surface area contributed by atoms with Gasteiger partial charge in [0, 0.05) is 29.7 Å². The van der Waals surface area contributed by atoms with E-state index < -0.39 is 39.8 Å². The molecule has 2 aromatic rings. The summed E-state index contributed by atoms with van der Waals surface area (Å²) in [6.07, 6.45) is 5.48. The van der Waals surface area contributed by atoms with Crippen LogP contribution in [0.5, 0.6) is 0 Å². The Morgan fingerprint density at radius 1 is 1.11 bits per heavy atom. The number of aliphatic hydroxyl groups excluding tert-OH is 1. The number of aliphatic hydroxyl groups is 1. The minimum atomic E-state index is -2.40. The van der Waals surface area contributed by atoms with Gasteiger partial charge in [-0.2, -0.15) is 8.42 Å². The van der Waals surface area contributed by atoms with E-state index in [1.165, 1.54) is 12.1 Å². The molecule has 2 aliphatic rings. The number of nitrogens with zero attached hydrogens (tertiary/aromatic N) is 1. The van der Waals surface area contributed by atoms with Gasteiger partial charge >= 0.3 is 0 Å². The van der Waals surface area contributed by atoms with Crippen molar-refractivity contribution < 1.29 is 27.5 Å². The summed E-state index contributed by atoms with van der Waals surface area (Å²) in [6, 6.07) is 10.6. The molecule has 1 aliphatic carbocycles. The van der Waals surface area contributed by atoms with Crippen molar-refractivity contribution in [3.8, 4) is 0 Å². The van der Waals surface area contributed by atoms with Crippen molar-refractivity contribution in [1.29, 1.82) is 0 Å². The average Bonchev–Trinajstić information content (AvgIpc) is 3.07. The monoisotopic (exact) mass is 652 g/mol. The lowest BCUT2D eigenvalue weighted by atomic mass is 9.90. The van der Waals surface area contributed by atoms with E-state index in [4.69, 9.17) is 0 Å². The van der Waals surface area contributed by atoms with Crippen LogP contribution in [0.25, 0.3) is 5.57 Å². The number of carbonyl (C=O) groups excluding carboxylic acids is 2. The second-order valence-electron chi connectivity index (χ2n) is 13.8. The minimum Gasteiger partial charge on any atom is -0.392 e. The molecular formula is C35H45FN4O5S. The van der Waals surface area contributed by atoms with Crippen molar-refractivity contribution in [2.24, 2.45) is 0 Å². The molecule has 4 N–H and O–H groups in total. The Bertz CT molecular complexity index is 1650. The molecule has 2 amide bonds. The Kier molecular flexibility index (Phi) is 11.0. The summed E-state index contributed by atoms with van der Waals surface area (Å²) >= 11 is 0. The predicted octanol–water partition coefficient (Wildman–Crippen LogP) is 3.69. The van der Waals surface area contributed by atoms with Gasteiger partial charge in [-0.05, 0) is 101 Å². The highest BCUT2D eigenvalue weighted by atomic mass is 32.2. The first kappa shape index (κ1) is 35.2. The van der Waals surface area contributed by atoms with Crippen LogP contribution in [0, 0.1) is 5.82 Å². The van der Waals surface area contributed by atoms with Gasteiger partial charge in [-0.1, -0.05) is 36.4 Å². The highest BCUT2D eigenvalue weighted by Gasteiger charge is 2.33. The third-order valence-corrected chi connectivity index (χ3v) is 8.70. The van der Waals surface area contributed by atoms with Crippen molar-refractivity contribution in [2.75, 3.05) is 11.4 Å². The smallest absolute Gasteiger partial charge is 0.249 e. The number of hydrogen-bond acceptors (Lipinski definition) is 7. The standard InChI is InChI=1S/C35H45FN4O5S/c1-22(41)20-37-35(5,6)19-31(42)38-28-16-14-25-18-26(36)15-17-29(25)40(33(28)43)21-23-10-12-24(13-11-23)27-8-7-9-30(46(44)45)32(27)39-34(2,3)4/h7-13,15,17-18,22,28,32,37,39,41H,14,16,19-21H2,1-6H3,(H,38,42)/t22-,28-,32?/m1/s1. The first-order valence-corrected chi connectivity index (χ1v) is 16.6. The van der Waals surface area contributed by atoms with Gasteiger partial charge in [-0.3, -0.25) is 9.59 Å². The molecule has 0 fully saturated rings. The van der Waals surface area contributed by atoms with E-state index in [2.05, 4.69) is 16.0 Å². The van der Waals surface area contributed by atoms with Crippen LogP contribution in [-0.2, 0) is 32.8 Å². The van der Waals surface area contributed by atoms with Gasteiger partial charge in [0.05, 0.1) is 23.6 Å². The largest absolute Gasteiger partial charge is 0.392 e. The fraction of sp³-hybridized carbons (Fsp3) is 0.457. The van der Waals surface area contributed by atoms with E-state index in [1.54, 1.807) is 30.0 Å². The normalized spacial score (nSPS) is 19.3. The molecule has 1 aliphatic heterocycles. The zero-order valence-electron chi connectivity index (χ0n) is 27.4. The van der Waals surface area contributed by atoms with Crippen LogP contribution in [0.15, 0.2) is 60.7 Å². The molecule has 0 radical (unpaired) electrons. The van der Waals surface area contributed by atoms with Crippen LogP contribution in [-0.4, -0.2) is 66.0 Å². The quantitative estimate of drug-likeness (QED) is 0.289. The number of nitrogens with one attached hydrogen (secondary N) is 3. The van der Waals surface area contributed by atoms with Crippen molar-refractivity contribution >= 4 is 38.2 Å². The molecule has 46 heavy (non-hydrogen) atoms. The molecule has 1 unspecified atom stereocenters. The zero-order chi connectivity index (χ0) is 33.8. The van der Waals surface area contributed by atoms with E-state index in [0.717, 1.165) is 16.7 Å². The predicted molar refractivity (Wildman–Crippen MR) is 180 cm³/mol. The molecule has 11 heteroatoms. The molecule has 0 aromatic heterocycles. The maximum absolute atomic E-state index is 14.3. The van der Waals surface area contributed by atoms with Gasteiger partial charge in [-0.15, -0.1) is 0 Å². The van der Waals surface area contributed by atoms with Crippen molar-refractivity contribution in [3.63, 3.8) is 0 Å². The Labute approximate surface area is 272 Å². The number of β-amino-alcohol motifs (C(OH)–C–C–N with tert-alkyl or cyclic N) is 1. The van der Waals surface area contributed by atoms with Gasteiger partial charge in [-0.25, -0.2) is 4.39 Å². The number of fused-ring (bicyclic) bond motifs is 1. The number of allylic oxidation sites excluding steroid dienone is 2. The lowest BCUT2D eigenvalue weighted by Gasteiger charge is -2.31. The Morgan fingerprint density at radius 2 is 1.80 bits per heavy atom. The topological polar surface area (TPSA) is 128 Å². The first-order chi connectivity index (χ1) is 21.5. The molecule has 0 spiro atoms. The maximum atomic E-state index is 14.3. The Balaban J connectivity index is 1.58. The molecule has 0 saturated heterocycles. The number of benzene rings is 2. The van der Waals surface area contributed by atoms with E-state index in [9.17, 15) is 27.5 Å². The van der Waals surface area contributed by atoms with Gasteiger partial charge in [0.15, 0.2) is 0 Å². The molecule has 9 nitrogen and oxygen atoms in total. The Hall–Kier alpha value is -3.64. The van der Waals surface area contributed by atoms with E-state index in [1.807, 2.05) is 65.0 Å². The molecule has 1 heterocycles. The summed E-state index contributed by atoms with van der Waals surface area (Å²) in [4.78, 5) is 28.9. The van der Waals surface area contributed by atoms with Crippen molar-refractivity contribution in [3.05, 3.63) is 83.2 Å². The van der Waals surface area contributed by atoms with Crippen LogP contribution in [0.2, 0.25) is 0 Å². The summed E-state index contributed by atoms with van der Waals surface area (Å²) in [5.41, 5.74) is 2.78. The Morgan fingerprint density at radius 3 is 2.43 bits per heavy atom. The SMILES string of the molecule is C[C@@H](O)CNC(C)(C)CC(=O)N[C@@H]1CCc2cc(F)ccc2N(Cc2ccc(C3=CC=CC(=S(=O)=O)C3NC(C)(C)C)cc2)C1=O. The summed E-state index contributed by atoms with van der Waals surface area (Å²) in [5.74, 6) is -0.983. The van der Waals surface area contributed by atoms with Gasteiger partial charge in [0.2, 0.25) is 22.1 Å². The second kappa shape index (κ2) is 14.4. The van der Waals surface area contributed by atoms with Crippen LogP contribution in [0.1, 0.15) is 71.1 Å². The van der Waals surface area contributed by atoms with E-state index in [-0.39, 0.29) is 35.2 Å². The van der Waals surface area contributed by atoms with Gasteiger partial charge < -0.3 is 26.0 Å². The summed E-state index contributed by atoms with van der Waals surface area (Å²) in [6.45, 7) is 11.8. The number of rotatable bonds is 10. The van der Waals surface area contributed by atoms with Gasteiger partial charge in [0.1, 0.15) is 11.9 Å². The van der Waals surface area contributed by atoms with Crippen LogP contribution >= 0.6 is 0 Å². The number of aryl methyl sites for hydroxylation is 1. The molecule has 3 atom stereocenters. The number of carbonyl (C=O) groups is 2. The lowest BCUT2D eigenvalue weighted by Crippen LogP contribution is -2.51. The number of anilines is 1. The summed E-state index contributed by atoms with van der Waals surface area (Å²) in [5, 5.41) is 19.1. The number of amides is 2. The highest BCUT2D eigenvalue weighted by molar-refractivity contribution is 7.73. The summed E-state index contributed by atoms with van der Waals surface area (Å²) in [7, 11) is -2.40. The highest BCUT2D eigenvalue weighted by Crippen LogP contribution is 2.31. The number of halogens is 1. The fourth-order valence-electron chi connectivity index (χ4n) is 5.75. The van der Waals surface area contributed by atoms with Crippen LogP contribution in [0.3, 0.4) is 0 Å². The van der Waals surface area contributed by atoms with E-state index >= 15 is 0 Å². The third kappa shape index (κ3) is 9.22. The molecule has 0 bridgehead atoms. The molecule has 2 aromatic carbocycles.